The molecule has 0 fully saturated rings. The smallest absolute Gasteiger partial charge is 0.340 e. The summed E-state index contributed by atoms with van der Waals surface area (Å²) in [5.41, 5.74) is 1.99. The van der Waals surface area contributed by atoms with Crippen LogP contribution in [0.3, 0.4) is 0 Å². The van der Waals surface area contributed by atoms with Gasteiger partial charge in [-0.2, -0.15) is 0 Å². The van der Waals surface area contributed by atoms with Crippen molar-refractivity contribution in [1.82, 2.24) is 14.5 Å². The van der Waals surface area contributed by atoms with Crippen molar-refractivity contribution in [2.75, 3.05) is 6.61 Å². The van der Waals surface area contributed by atoms with E-state index in [0.29, 0.717) is 23.6 Å². The molecule has 0 bridgehead atoms. The van der Waals surface area contributed by atoms with Gasteiger partial charge in [-0.3, -0.25) is 9.59 Å². The topological polar surface area (TPSA) is 94.1 Å². The Labute approximate surface area is 139 Å². The van der Waals surface area contributed by atoms with Gasteiger partial charge < -0.3 is 14.3 Å². The van der Waals surface area contributed by atoms with E-state index in [9.17, 15) is 14.4 Å². The Hall–Kier alpha value is -2.70. The third kappa shape index (κ3) is 2.19. The van der Waals surface area contributed by atoms with E-state index >= 15 is 0 Å². The molecule has 1 aliphatic rings. The lowest BCUT2D eigenvalue weighted by Gasteiger charge is -2.16. The van der Waals surface area contributed by atoms with Crippen LogP contribution in [0.4, 0.5) is 0 Å². The van der Waals surface area contributed by atoms with Crippen LogP contribution in [0, 0.1) is 12.8 Å². The third-order valence-electron chi connectivity index (χ3n) is 4.07. The summed E-state index contributed by atoms with van der Waals surface area (Å²) in [5, 5.41) is 0. The molecule has 0 aromatic carbocycles. The summed E-state index contributed by atoms with van der Waals surface area (Å²) in [6.45, 7) is 8.33. The highest BCUT2D eigenvalue weighted by molar-refractivity contribution is 6.53. The Balaban J connectivity index is 2.35. The molecular weight excluding hydrogens is 310 g/mol. The van der Waals surface area contributed by atoms with Crippen molar-refractivity contribution in [2.45, 2.75) is 34.2 Å². The number of carbonyl (C=O) groups is 3. The highest BCUT2D eigenvalue weighted by Crippen LogP contribution is 2.37. The second-order valence-corrected chi connectivity index (χ2v) is 6.19. The van der Waals surface area contributed by atoms with Gasteiger partial charge in [-0.05, 0) is 19.8 Å². The van der Waals surface area contributed by atoms with Crippen LogP contribution in [-0.2, 0) is 11.3 Å². The van der Waals surface area contributed by atoms with Crippen molar-refractivity contribution in [3.63, 3.8) is 0 Å². The largest absolute Gasteiger partial charge is 0.462 e. The van der Waals surface area contributed by atoms with Gasteiger partial charge in [0.15, 0.2) is 0 Å². The fourth-order valence-corrected chi connectivity index (χ4v) is 3.12. The number of nitrogens with one attached hydrogen (secondary N) is 1. The van der Waals surface area contributed by atoms with E-state index in [1.54, 1.807) is 13.8 Å². The van der Waals surface area contributed by atoms with Gasteiger partial charge >= 0.3 is 5.97 Å². The number of aromatic amines is 1. The van der Waals surface area contributed by atoms with E-state index in [2.05, 4.69) is 9.97 Å². The van der Waals surface area contributed by atoms with Crippen LogP contribution in [0.25, 0.3) is 11.4 Å². The highest BCUT2D eigenvalue weighted by Gasteiger charge is 2.41. The van der Waals surface area contributed by atoms with Gasteiger partial charge in [0.2, 0.25) is 5.78 Å². The van der Waals surface area contributed by atoms with E-state index in [-0.39, 0.29) is 29.3 Å². The van der Waals surface area contributed by atoms with Crippen LogP contribution in [0.5, 0.6) is 0 Å². The maximum atomic E-state index is 12.6. The first kappa shape index (κ1) is 16.2. The molecule has 1 N–H and O–H groups in total. The number of carbonyl (C=O) groups excluding carboxylic acids is 3. The van der Waals surface area contributed by atoms with Crippen molar-refractivity contribution >= 4 is 17.5 Å². The van der Waals surface area contributed by atoms with Crippen LogP contribution < -0.4 is 0 Å². The number of aromatic nitrogens is 3. The first-order valence-electron chi connectivity index (χ1n) is 7.91. The minimum absolute atomic E-state index is 0.108. The molecule has 0 aliphatic heterocycles. The Kier molecular flexibility index (Phi) is 3.87. The summed E-state index contributed by atoms with van der Waals surface area (Å²) in [6, 6.07) is 0. The molecule has 3 rings (SSSR count). The lowest BCUT2D eigenvalue weighted by molar-refractivity contribution is 0.0522. The minimum atomic E-state index is -0.699. The van der Waals surface area contributed by atoms with Gasteiger partial charge in [-0.1, -0.05) is 13.8 Å². The molecule has 0 unspecified atom stereocenters. The molecule has 126 valence electrons. The van der Waals surface area contributed by atoms with E-state index in [0.717, 1.165) is 0 Å². The van der Waals surface area contributed by atoms with Crippen LogP contribution in [0.2, 0.25) is 0 Å². The quantitative estimate of drug-likeness (QED) is 0.686. The predicted molar refractivity (Wildman–Crippen MR) is 86.2 cm³/mol. The zero-order valence-electron chi connectivity index (χ0n) is 14.1. The molecule has 0 spiro atoms. The molecule has 24 heavy (non-hydrogen) atoms. The monoisotopic (exact) mass is 329 g/mol. The third-order valence-corrected chi connectivity index (χ3v) is 4.07. The summed E-state index contributed by atoms with van der Waals surface area (Å²) in [5.74, 6) is -1.68. The molecule has 0 radical (unpaired) electrons. The molecule has 0 atom stereocenters. The van der Waals surface area contributed by atoms with Gasteiger partial charge in [-0.15, -0.1) is 0 Å². The summed E-state index contributed by atoms with van der Waals surface area (Å²) < 4.78 is 6.99. The van der Waals surface area contributed by atoms with Gasteiger partial charge in [0, 0.05) is 12.2 Å². The number of hydrogen-bond acceptors (Lipinski definition) is 5. The minimum Gasteiger partial charge on any atom is -0.462 e. The Bertz CT molecular complexity index is 858. The molecule has 2 heterocycles. The predicted octanol–water partition coefficient (Wildman–Crippen LogP) is 2.40. The molecule has 1 aliphatic carbocycles. The summed E-state index contributed by atoms with van der Waals surface area (Å²) >= 11 is 0. The number of imidazole rings is 1. The first-order valence-corrected chi connectivity index (χ1v) is 7.91. The lowest BCUT2D eigenvalue weighted by atomic mass is 9.92. The number of esters is 1. The zero-order chi connectivity index (χ0) is 17.6. The highest BCUT2D eigenvalue weighted by atomic mass is 16.5. The Morgan fingerprint density at radius 1 is 1.33 bits per heavy atom. The number of Topliss-reactive ketones (excluding diaryl/α,β-unsaturated/α-hetero) is 2. The van der Waals surface area contributed by atoms with Crippen LogP contribution >= 0.6 is 0 Å². The molecule has 7 heteroatoms. The summed E-state index contributed by atoms with van der Waals surface area (Å²) in [7, 11) is 0. The second-order valence-electron chi connectivity index (χ2n) is 6.19. The number of ether oxygens (including phenoxy) is 1. The van der Waals surface area contributed by atoms with Crippen molar-refractivity contribution in [1.29, 1.82) is 0 Å². The van der Waals surface area contributed by atoms with Crippen molar-refractivity contribution < 1.29 is 19.1 Å². The Morgan fingerprint density at radius 3 is 2.67 bits per heavy atom. The second kappa shape index (κ2) is 5.74. The van der Waals surface area contributed by atoms with Crippen LogP contribution in [0.1, 0.15) is 57.7 Å². The SMILES string of the molecule is CCOC(=O)c1c2c(n(CC(C)C)c1C)-c1nc[nH]c1C(=O)C2=O. The van der Waals surface area contributed by atoms with Crippen molar-refractivity contribution in [3.8, 4) is 11.4 Å². The average molecular weight is 329 g/mol. The molecular formula is C17H19N3O4. The van der Waals surface area contributed by atoms with Gasteiger partial charge in [0.25, 0.3) is 5.78 Å². The van der Waals surface area contributed by atoms with Crippen LogP contribution in [-0.4, -0.2) is 38.7 Å². The first-order chi connectivity index (χ1) is 11.4. The molecule has 2 aromatic rings. The number of rotatable bonds is 4. The molecule has 0 saturated carbocycles. The molecule has 2 aromatic heterocycles. The van der Waals surface area contributed by atoms with E-state index < -0.39 is 17.5 Å². The normalized spacial score (nSPS) is 13.2. The van der Waals surface area contributed by atoms with Crippen molar-refractivity contribution in [3.05, 3.63) is 28.8 Å². The number of ketones is 2. The molecule has 0 saturated heterocycles. The van der Waals surface area contributed by atoms with Crippen LogP contribution in [0.15, 0.2) is 6.33 Å². The fourth-order valence-electron chi connectivity index (χ4n) is 3.12. The molecule has 7 nitrogen and oxygen atoms in total. The van der Waals surface area contributed by atoms with Gasteiger partial charge in [-0.25, -0.2) is 9.78 Å². The number of H-pyrrole nitrogens is 1. The number of hydrogen-bond donors (Lipinski definition) is 1. The fraction of sp³-hybridized carbons (Fsp3) is 0.412. The summed E-state index contributed by atoms with van der Waals surface area (Å²) in [4.78, 5) is 44.3. The maximum Gasteiger partial charge on any atom is 0.340 e. The number of fused-ring (bicyclic) bond motifs is 3. The van der Waals surface area contributed by atoms with E-state index in [1.807, 2.05) is 18.4 Å². The van der Waals surface area contributed by atoms with E-state index in [4.69, 9.17) is 4.74 Å². The lowest BCUT2D eigenvalue weighted by Crippen LogP contribution is -2.24. The summed E-state index contributed by atoms with van der Waals surface area (Å²) in [6.07, 6.45) is 1.39. The Morgan fingerprint density at radius 2 is 2.04 bits per heavy atom. The average Bonchev–Trinajstić information content (AvgIpc) is 3.09. The van der Waals surface area contributed by atoms with Crippen molar-refractivity contribution in [2.24, 2.45) is 5.92 Å². The van der Waals surface area contributed by atoms with Gasteiger partial charge in [0.1, 0.15) is 11.4 Å². The van der Waals surface area contributed by atoms with Gasteiger partial charge in [0.05, 0.1) is 29.8 Å². The zero-order valence-corrected chi connectivity index (χ0v) is 14.1. The standard InChI is InChI=1S/C17H19N3O4/c1-5-24-17(23)10-9(4)20(6-8(2)3)14-11(10)15(21)16(22)13-12(14)18-7-19-13/h7-8H,5-6H2,1-4H3,(H,18,19). The molecule has 0 amide bonds. The number of nitrogens with zero attached hydrogens (tertiary/aromatic N) is 2. The van der Waals surface area contributed by atoms with E-state index in [1.165, 1.54) is 6.33 Å². The maximum absolute atomic E-state index is 12.6.